The zero-order valence-electron chi connectivity index (χ0n) is 11.0. The fraction of sp³-hybridized carbons (Fsp3) is 0.385. The van der Waals surface area contributed by atoms with Crippen LogP contribution in [0.15, 0.2) is 24.4 Å². The van der Waals surface area contributed by atoms with Crippen LogP contribution in [0.5, 0.6) is 0 Å². The highest BCUT2D eigenvalue weighted by Crippen LogP contribution is 2.18. The summed E-state index contributed by atoms with van der Waals surface area (Å²) in [5.74, 6) is 1.13. The average molecular weight is 291 g/mol. The van der Waals surface area contributed by atoms with Gasteiger partial charge in [0.2, 0.25) is 17.2 Å². The first kappa shape index (κ1) is 13.1. The monoisotopic (exact) mass is 290 g/mol. The van der Waals surface area contributed by atoms with Crippen LogP contribution in [0.2, 0.25) is 5.28 Å². The van der Waals surface area contributed by atoms with Crippen molar-refractivity contribution in [2.75, 3.05) is 23.3 Å². The Hall–Kier alpha value is -1.95. The molecule has 0 unspecified atom stereocenters. The first-order chi connectivity index (χ1) is 9.81. The van der Waals surface area contributed by atoms with E-state index in [0.29, 0.717) is 18.4 Å². The molecule has 6 nitrogen and oxygen atoms in total. The number of pyridine rings is 1. The number of nitrogens with zero attached hydrogens (tertiary/aromatic N) is 5. The van der Waals surface area contributed by atoms with Gasteiger partial charge in [-0.05, 0) is 36.6 Å². The summed E-state index contributed by atoms with van der Waals surface area (Å²) >= 11 is 5.97. The summed E-state index contributed by atoms with van der Waals surface area (Å²) in [6, 6.07) is 5.77. The molecular formula is C13H15ClN6. The maximum Gasteiger partial charge on any atom is 0.231 e. The number of hydrogen-bond acceptors (Lipinski definition) is 6. The van der Waals surface area contributed by atoms with Crippen molar-refractivity contribution in [3.05, 3.63) is 35.4 Å². The molecule has 20 heavy (non-hydrogen) atoms. The third kappa shape index (κ3) is 3.14. The molecule has 0 amide bonds. The van der Waals surface area contributed by atoms with E-state index in [9.17, 15) is 0 Å². The van der Waals surface area contributed by atoms with Crippen LogP contribution < -0.4 is 10.2 Å². The summed E-state index contributed by atoms with van der Waals surface area (Å²) in [5, 5.41) is 3.34. The van der Waals surface area contributed by atoms with Crippen LogP contribution in [0.4, 0.5) is 11.9 Å². The largest absolute Gasteiger partial charge is 0.348 e. The summed E-state index contributed by atoms with van der Waals surface area (Å²) in [6.07, 6.45) is 4.09. The molecule has 1 N–H and O–H groups in total. The number of hydrogen-bond donors (Lipinski definition) is 1. The molecule has 1 aliphatic heterocycles. The van der Waals surface area contributed by atoms with Crippen LogP contribution in [0.1, 0.15) is 18.5 Å². The lowest BCUT2D eigenvalue weighted by molar-refractivity contribution is 0.874. The van der Waals surface area contributed by atoms with E-state index in [1.54, 1.807) is 6.20 Å². The van der Waals surface area contributed by atoms with Gasteiger partial charge in [-0.2, -0.15) is 15.0 Å². The second-order valence-corrected chi connectivity index (χ2v) is 4.93. The topological polar surface area (TPSA) is 66.8 Å². The number of nitrogens with one attached hydrogen (secondary N) is 1. The van der Waals surface area contributed by atoms with Gasteiger partial charge in [0, 0.05) is 19.3 Å². The van der Waals surface area contributed by atoms with Crippen molar-refractivity contribution in [3.63, 3.8) is 0 Å². The molecule has 0 bridgehead atoms. The molecule has 0 radical (unpaired) electrons. The van der Waals surface area contributed by atoms with Crippen molar-refractivity contribution in [2.45, 2.75) is 19.4 Å². The predicted octanol–water partition coefficient (Wildman–Crippen LogP) is 2.13. The van der Waals surface area contributed by atoms with Crippen LogP contribution in [-0.2, 0) is 6.54 Å². The van der Waals surface area contributed by atoms with Crippen molar-refractivity contribution in [3.8, 4) is 0 Å². The molecular weight excluding hydrogens is 276 g/mol. The summed E-state index contributed by atoms with van der Waals surface area (Å²) in [4.78, 5) is 19.1. The molecule has 0 spiro atoms. The van der Waals surface area contributed by atoms with E-state index in [0.717, 1.165) is 18.8 Å². The summed E-state index contributed by atoms with van der Waals surface area (Å²) in [7, 11) is 0. The molecule has 3 heterocycles. The Morgan fingerprint density at radius 2 is 2.00 bits per heavy atom. The minimum atomic E-state index is 0.213. The number of rotatable bonds is 4. The fourth-order valence-electron chi connectivity index (χ4n) is 2.15. The van der Waals surface area contributed by atoms with Crippen molar-refractivity contribution in [1.82, 2.24) is 19.9 Å². The lowest BCUT2D eigenvalue weighted by Crippen LogP contribution is -2.21. The highest BCUT2D eigenvalue weighted by atomic mass is 35.5. The Kier molecular flexibility index (Phi) is 3.92. The van der Waals surface area contributed by atoms with Crippen molar-refractivity contribution >= 4 is 23.5 Å². The second-order valence-electron chi connectivity index (χ2n) is 4.60. The Morgan fingerprint density at radius 3 is 2.75 bits per heavy atom. The highest BCUT2D eigenvalue weighted by molar-refractivity contribution is 6.28. The van der Waals surface area contributed by atoms with Gasteiger partial charge in [-0.25, -0.2) is 0 Å². The van der Waals surface area contributed by atoms with Gasteiger partial charge in [0.05, 0.1) is 12.2 Å². The van der Waals surface area contributed by atoms with Crippen molar-refractivity contribution in [2.24, 2.45) is 0 Å². The normalized spacial score (nSPS) is 14.6. The van der Waals surface area contributed by atoms with Gasteiger partial charge in [-0.15, -0.1) is 0 Å². The average Bonchev–Trinajstić information content (AvgIpc) is 3.00. The SMILES string of the molecule is Clc1nc(NCc2ccccn2)nc(N2CCCC2)n1. The van der Waals surface area contributed by atoms with Gasteiger partial charge >= 0.3 is 0 Å². The van der Waals surface area contributed by atoms with E-state index in [2.05, 4.69) is 30.2 Å². The zero-order valence-corrected chi connectivity index (χ0v) is 11.7. The van der Waals surface area contributed by atoms with E-state index in [4.69, 9.17) is 11.6 Å². The summed E-state index contributed by atoms with van der Waals surface area (Å²) in [6.45, 7) is 2.50. The van der Waals surface area contributed by atoms with Crippen LogP contribution in [0.25, 0.3) is 0 Å². The summed E-state index contributed by atoms with van der Waals surface area (Å²) < 4.78 is 0. The van der Waals surface area contributed by atoms with Gasteiger partial charge in [0.1, 0.15) is 0 Å². The van der Waals surface area contributed by atoms with E-state index in [-0.39, 0.29) is 5.28 Å². The van der Waals surface area contributed by atoms with Crippen molar-refractivity contribution < 1.29 is 0 Å². The Balaban J connectivity index is 1.72. The van der Waals surface area contributed by atoms with Gasteiger partial charge in [0.15, 0.2) is 0 Å². The van der Waals surface area contributed by atoms with E-state index in [1.807, 2.05) is 18.2 Å². The van der Waals surface area contributed by atoms with E-state index < -0.39 is 0 Å². The lowest BCUT2D eigenvalue weighted by Gasteiger charge is -2.15. The number of anilines is 2. The van der Waals surface area contributed by atoms with E-state index >= 15 is 0 Å². The molecule has 7 heteroatoms. The summed E-state index contributed by atoms with van der Waals surface area (Å²) in [5.41, 5.74) is 0.923. The number of aromatic nitrogens is 4. The molecule has 104 valence electrons. The molecule has 2 aromatic rings. The van der Waals surface area contributed by atoms with Gasteiger partial charge in [-0.1, -0.05) is 6.07 Å². The molecule has 1 aliphatic rings. The van der Waals surface area contributed by atoms with Crippen LogP contribution in [-0.4, -0.2) is 33.0 Å². The minimum Gasteiger partial charge on any atom is -0.348 e. The second kappa shape index (κ2) is 6.00. The van der Waals surface area contributed by atoms with E-state index in [1.165, 1.54) is 12.8 Å². The predicted molar refractivity (Wildman–Crippen MR) is 77.8 cm³/mol. The molecule has 1 fully saturated rings. The third-order valence-electron chi connectivity index (χ3n) is 3.14. The Morgan fingerprint density at radius 1 is 1.15 bits per heavy atom. The zero-order chi connectivity index (χ0) is 13.8. The fourth-order valence-corrected chi connectivity index (χ4v) is 2.31. The molecule has 3 rings (SSSR count). The first-order valence-electron chi connectivity index (χ1n) is 6.61. The van der Waals surface area contributed by atoms with Crippen molar-refractivity contribution in [1.29, 1.82) is 0 Å². The Labute approximate surface area is 122 Å². The minimum absolute atomic E-state index is 0.213. The molecule has 0 saturated carbocycles. The highest BCUT2D eigenvalue weighted by Gasteiger charge is 2.16. The molecule has 0 aromatic carbocycles. The van der Waals surface area contributed by atoms with Crippen LogP contribution in [0, 0.1) is 0 Å². The maximum atomic E-state index is 5.97. The molecule has 1 saturated heterocycles. The lowest BCUT2D eigenvalue weighted by atomic mass is 10.3. The standard InChI is InChI=1S/C13H15ClN6/c14-11-17-12(16-9-10-5-1-2-6-15-10)19-13(18-11)20-7-3-4-8-20/h1-2,5-6H,3-4,7-9H2,(H,16,17,18,19). The molecule has 2 aromatic heterocycles. The third-order valence-corrected chi connectivity index (χ3v) is 3.31. The number of halogens is 1. The smallest absolute Gasteiger partial charge is 0.231 e. The van der Waals surface area contributed by atoms with Crippen LogP contribution in [0.3, 0.4) is 0 Å². The maximum absolute atomic E-state index is 5.97. The quantitative estimate of drug-likeness (QED) is 0.930. The van der Waals surface area contributed by atoms with Gasteiger partial charge in [0.25, 0.3) is 0 Å². The van der Waals surface area contributed by atoms with Gasteiger partial charge in [-0.3, -0.25) is 4.98 Å². The Bertz CT molecular complexity index is 570. The molecule has 0 atom stereocenters. The van der Waals surface area contributed by atoms with Crippen LogP contribution >= 0.6 is 11.6 Å². The van der Waals surface area contributed by atoms with Gasteiger partial charge < -0.3 is 10.2 Å². The first-order valence-corrected chi connectivity index (χ1v) is 6.99. The molecule has 0 aliphatic carbocycles.